The van der Waals surface area contributed by atoms with Crippen LogP contribution in [0, 0.1) is 0 Å². The normalized spacial score (nSPS) is 10.9. The van der Waals surface area contributed by atoms with Gasteiger partial charge in [0.2, 0.25) is 0 Å². The fourth-order valence-electron chi connectivity index (χ4n) is 1.35. The molecule has 0 aliphatic rings. The zero-order valence-corrected chi connectivity index (χ0v) is 10.4. The van der Waals surface area contributed by atoms with Gasteiger partial charge in [-0.3, -0.25) is 0 Å². The van der Waals surface area contributed by atoms with Crippen LogP contribution in [0.3, 0.4) is 0 Å². The summed E-state index contributed by atoms with van der Waals surface area (Å²) in [5, 5.41) is 4.35. The van der Waals surface area contributed by atoms with E-state index < -0.39 is 0 Å². The molecular formula is C10H9BrClN3. The Morgan fingerprint density at radius 2 is 2.20 bits per heavy atom. The summed E-state index contributed by atoms with van der Waals surface area (Å²) in [7, 11) is 1.85. The predicted octanol–water partition coefficient (Wildman–Crippen LogP) is 2.77. The number of rotatable bonds is 2. The third-order valence-electron chi connectivity index (χ3n) is 1.99. The maximum atomic E-state index is 6.07. The standard InChI is InChI=1S/C10H9BrClN3/c1-13-5-9-14-8-3-2-6(11)4-7(8)10(12)15-9/h2-4,13H,5H2,1H3. The lowest BCUT2D eigenvalue weighted by molar-refractivity contribution is 0.764. The van der Waals surface area contributed by atoms with Crippen molar-refractivity contribution in [2.45, 2.75) is 6.54 Å². The molecule has 78 valence electrons. The van der Waals surface area contributed by atoms with E-state index in [0.29, 0.717) is 17.5 Å². The first-order valence-corrected chi connectivity index (χ1v) is 5.64. The van der Waals surface area contributed by atoms with E-state index in [2.05, 4.69) is 31.2 Å². The molecule has 2 rings (SSSR count). The lowest BCUT2D eigenvalue weighted by Gasteiger charge is -2.04. The molecule has 0 fully saturated rings. The van der Waals surface area contributed by atoms with E-state index in [-0.39, 0.29) is 0 Å². The summed E-state index contributed by atoms with van der Waals surface area (Å²) in [5.41, 5.74) is 0.864. The van der Waals surface area contributed by atoms with Crippen molar-refractivity contribution in [3.8, 4) is 0 Å². The van der Waals surface area contributed by atoms with Gasteiger partial charge in [0.25, 0.3) is 0 Å². The highest BCUT2D eigenvalue weighted by atomic mass is 79.9. The number of nitrogens with zero attached hydrogens (tertiary/aromatic N) is 2. The molecule has 0 aliphatic carbocycles. The Morgan fingerprint density at radius 3 is 2.93 bits per heavy atom. The molecular weight excluding hydrogens is 277 g/mol. The maximum Gasteiger partial charge on any atom is 0.144 e. The van der Waals surface area contributed by atoms with E-state index in [9.17, 15) is 0 Å². The van der Waals surface area contributed by atoms with E-state index in [1.54, 1.807) is 0 Å². The van der Waals surface area contributed by atoms with Gasteiger partial charge in [-0.25, -0.2) is 9.97 Å². The van der Waals surface area contributed by atoms with Gasteiger partial charge in [0.15, 0.2) is 0 Å². The van der Waals surface area contributed by atoms with E-state index in [0.717, 1.165) is 15.4 Å². The number of nitrogens with one attached hydrogen (secondary N) is 1. The monoisotopic (exact) mass is 285 g/mol. The molecule has 0 radical (unpaired) electrons. The van der Waals surface area contributed by atoms with Gasteiger partial charge in [-0.2, -0.15) is 0 Å². The molecule has 0 spiro atoms. The van der Waals surface area contributed by atoms with Crippen LogP contribution in [0.2, 0.25) is 5.15 Å². The van der Waals surface area contributed by atoms with Crippen molar-refractivity contribution < 1.29 is 0 Å². The Bertz CT molecular complexity index is 501. The molecule has 1 aromatic carbocycles. The van der Waals surface area contributed by atoms with Gasteiger partial charge in [-0.15, -0.1) is 0 Å². The van der Waals surface area contributed by atoms with Crippen LogP contribution < -0.4 is 5.32 Å². The summed E-state index contributed by atoms with van der Waals surface area (Å²) >= 11 is 9.46. The molecule has 0 aliphatic heterocycles. The Balaban J connectivity index is 2.62. The van der Waals surface area contributed by atoms with Crippen molar-refractivity contribution in [2.24, 2.45) is 0 Å². The lowest BCUT2D eigenvalue weighted by atomic mass is 10.2. The minimum atomic E-state index is 0.492. The van der Waals surface area contributed by atoms with Crippen molar-refractivity contribution in [1.29, 1.82) is 0 Å². The minimum absolute atomic E-state index is 0.492. The number of benzene rings is 1. The van der Waals surface area contributed by atoms with Crippen LogP contribution in [0.5, 0.6) is 0 Å². The van der Waals surface area contributed by atoms with Crippen LogP contribution in [-0.4, -0.2) is 17.0 Å². The molecule has 3 nitrogen and oxygen atoms in total. The number of hydrogen-bond donors (Lipinski definition) is 1. The fraction of sp³-hybridized carbons (Fsp3) is 0.200. The van der Waals surface area contributed by atoms with Crippen LogP contribution in [0.1, 0.15) is 5.82 Å². The third kappa shape index (κ3) is 2.27. The van der Waals surface area contributed by atoms with Gasteiger partial charge >= 0.3 is 0 Å². The van der Waals surface area contributed by atoms with Gasteiger partial charge in [-0.1, -0.05) is 27.5 Å². The fourth-order valence-corrected chi connectivity index (χ4v) is 1.96. The van der Waals surface area contributed by atoms with Crippen LogP contribution in [0.25, 0.3) is 10.9 Å². The topological polar surface area (TPSA) is 37.8 Å². The average molecular weight is 287 g/mol. The minimum Gasteiger partial charge on any atom is -0.313 e. The molecule has 0 saturated heterocycles. The maximum absolute atomic E-state index is 6.07. The number of hydrogen-bond acceptors (Lipinski definition) is 3. The Labute approximate surface area is 101 Å². The Kier molecular flexibility index (Phi) is 3.19. The smallest absolute Gasteiger partial charge is 0.144 e. The first-order valence-electron chi connectivity index (χ1n) is 4.47. The second-order valence-electron chi connectivity index (χ2n) is 3.12. The quantitative estimate of drug-likeness (QED) is 0.863. The zero-order valence-electron chi connectivity index (χ0n) is 8.09. The number of fused-ring (bicyclic) bond motifs is 1. The van der Waals surface area contributed by atoms with Crippen LogP contribution in [-0.2, 0) is 6.54 Å². The van der Waals surface area contributed by atoms with Gasteiger partial charge in [0.1, 0.15) is 11.0 Å². The van der Waals surface area contributed by atoms with E-state index in [4.69, 9.17) is 11.6 Å². The summed E-state index contributed by atoms with van der Waals surface area (Å²) in [6, 6.07) is 5.78. The second kappa shape index (κ2) is 4.43. The van der Waals surface area contributed by atoms with Gasteiger partial charge in [0, 0.05) is 9.86 Å². The highest BCUT2D eigenvalue weighted by Crippen LogP contribution is 2.23. The Morgan fingerprint density at radius 1 is 1.40 bits per heavy atom. The van der Waals surface area contributed by atoms with E-state index >= 15 is 0 Å². The molecule has 15 heavy (non-hydrogen) atoms. The molecule has 5 heteroatoms. The zero-order chi connectivity index (χ0) is 10.8. The molecule has 2 aromatic rings. The highest BCUT2D eigenvalue weighted by molar-refractivity contribution is 9.10. The summed E-state index contributed by atoms with van der Waals surface area (Å²) < 4.78 is 0.974. The van der Waals surface area contributed by atoms with Crippen LogP contribution >= 0.6 is 27.5 Å². The average Bonchev–Trinajstić information content (AvgIpc) is 2.20. The SMILES string of the molecule is CNCc1nc(Cl)c2cc(Br)ccc2n1. The summed E-state index contributed by atoms with van der Waals surface area (Å²) in [5.74, 6) is 0.706. The van der Waals surface area contributed by atoms with Crippen molar-refractivity contribution in [1.82, 2.24) is 15.3 Å². The lowest BCUT2D eigenvalue weighted by Crippen LogP contribution is -2.09. The van der Waals surface area contributed by atoms with Crippen molar-refractivity contribution >= 4 is 38.4 Å². The summed E-state index contributed by atoms with van der Waals surface area (Å²) in [6.07, 6.45) is 0. The first-order chi connectivity index (χ1) is 7.20. The van der Waals surface area contributed by atoms with Gasteiger partial charge < -0.3 is 5.32 Å². The molecule has 0 saturated carbocycles. The predicted molar refractivity (Wildman–Crippen MR) is 65.0 cm³/mol. The molecule has 0 amide bonds. The van der Waals surface area contributed by atoms with Gasteiger partial charge in [-0.05, 0) is 25.2 Å². The summed E-state index contributed by atoms with van der Waals surface area (Å²) in [4.78, 5) is 8.59. The third-order valence-corrected chi connectivity index (χ3v) is 2.77. The largest absolute Gasteiger partial charge is 0.313 e. The molecule has 0 unspecified atom stereocenters. The van der Waals surface area contributed by atoms with Gasteiger partial charge in [0.05, 0.1) is 12.1 Å². The first kappa shape index (κ1) is 10.8. The van der Waals surface area contributed by atoms with Crippen molar-refractivity contribution in [3.63, 3.8) is 0 Å². The van der Waals surface area contributed by atoms with Crippen molar-refractivity contribution in [3.05, 3.63) is 33.6 Å². The Hall–Kier alpha value is -0.710. The molecule has 0 bridgehead atoms. The summed E-state index contributed by atoms with van der Waals surface area (Å²) in [6.45, 7) is 0.617. The molecule has 1 N–H and O–H groups in total. The van der Waals surface area contributed by atoms with Crippen molar-refractivity contribution in [2.75, 3.05) is 7.05 Å². The second-order valence-corrected chi connectivity index (χ2v) is 4.40. The van der Waals surface area contributed by atoms with E-state index in [1.165, 1.54) is 0 Å². The van der Waals surface area contributed by atoms with Crippen LogP contribution in [0.4, 0.5) is 0 Å². The van der Waals surface area contributed by atoms with Crippen LogP contribution in [0.15, 0.2) is 22.7 Å². The number of aromatic nitrogens is 2. The highest BCUT2D eigenvalue weighted by Gasteiger charge is 2.05. The molecule has 0 atom stereocenters. The van der Waals surface area contributed by atoms with E-state index in [1.807, 2.05) is 25.2 Å². The molecule has 1 heterocycles. The molecule has 1 aromatic heterocycles. The number of halogens is 2.